The molecule has 3 rings (SSSR count). The summed E-state index contributed by atoms with van der Waals surface area (Å²) in [5, 5.41) is 0. The fourth-order valence-corrected chi connectivity index (χ4v) is 2.49. The van der Waals surface area contributed by atoms with Crippen LogP contribution in [-0.2, 0) is 6.18 Å². The lowest BCUT2D eigenvalue weighted by atomic mass is 10.3. The molecule has 2 aromatic heterocycles. The van der Waals surface area contributed by atoms with E-state index in [1.54, 1.807) is 18.3 Å². The van der Waals surface area contributed by atoms with Gasteiger partial charge in [-0.1, -0.05) is 6.07 Å². The van der Waals surface area contributed by atoms with Gasteiger partial charge in [-0.2, -0.15) is 18.2 Å². The second-order valence-electron chi connectivity index (χ2n) is 5.25. The lowest BCUT2D eigenvalue weighted by Gasteiger charge is -2.35. The molecule has 0 aliphatic carbocycles. The van der Waals surface area contributed by atoms with E-state index in [2.05, 4.69) is 15.0 Å². The van der Waals surface area contributed by atoms with Gasteiger partial charge in [-0.05, 0) is 12.1 Å². The summed E-state index contributed by atoms with van der Waals surface area (Å²) in [6, 6.07) is 5.60. The molecule has 1 aliphatic rings. The molecule has 2 aromatic rings. The molecule has 0 spiro atoms. The molecule has 1 aliphatic heterocycles. The molecule has 0 atom stereocenters. The highest BCUT2D eigenvalue weighted by molar-refractivity contribution is 5.43. The highest BCUT2D eigenvalue weighted by Gasteiger charge is 2.33. The maximum Gasteiger partial charge on any atom is 0.433 e. The quantitative estimate of drug-likeness (QED) is 0.855. The summed E-state index contributed by atoms with van der Waals surface area (Å²) in [4.78, 5) is 16.0. The fraction of sp³-hybridized carbons (Fsp3) is 0.400. The van der Waals surface area contributed by atoms with E-state index < -0.39 is 11.9 Å². The largest absolute Gasteiger partial charge is 0.481 e. The first-order valence-electron chi connectivity index (χ1n) is 7.38. The number of nitrogens with zero attached hydrogens (tertiary/aromatic N) is 5. The van der Waals surface area contributed by atoms with Crippen molar-refractivity contribution >= 4 is 11.8 Å². The number of piperazine rings is 1. The molecule has 24 heavy (non-hydrogen) atoms. The average Bonchev–Trinajstić information content (AvgIpc) is 2.61. The molecular formula is C15H16F3N5O. The summed E-state index contributed by atoms with van der Waals surface area (Å²) < 4.78 is 43.4. The Hall–Kier alpha value is -2.58. The van der Waals surface area contributed by atoms with E-state index in [1.807, 2.05) is 9.80 Å². The van der Waals surface area contributed by atoms with Crippen LogP contribution in [0.4, 0.5) is 24.9 Å². The zero-order valence-electron chi connectivity index (χ0n) is 13.0. The maximum atomic E-state index is 12.8. The molecule has 128 valence electrons. The lowest BCUT2D eigenvalue weighted by molar-refractivity contribution is -0.141. The third-order valence-corrected chi connectivity index (χ3v) is 3.74. The van der Waals surface area contributed by atoms with E-state index in [4.69, 9.17) is 4.74 Å². The first-order chi connectivity index (χ1) is 11.5. The van der Waals surface area contributed by atoms with Crippen LogP contribution < -0.4 is 14.5 Å². The first kappa shape index (κ1) is 16.3. The topological polar surface area (TPSA) is 54.4 Å². The molecule has 0 unspecified atom stereocenters. The monoisotopic (exact) mass is 339 g/mol. The van der Waals surface area contributed by atoms with Crippen molar-refractivity contribution < 1.29 is 17.9 Å². The van der Waals surface area contributed by atoms with Crippen LogP contribution in [0.5, 0.6) is 5.88 Å². The number of alkyl halides is 3. The van der Waals surface area contributed by atoms with Gasteiger partial charge in [-0.25, -0.2) is 9.97 Å². The minimum atomic E-state index is -4.44. The predicted molar refractivity (Wildman–Crippen MR) is 82.2 cm³/mol. The second kappa shape index (κ2) is 6.50. The van der Waals surface area contributed by atoms with Crippen molar-refractivity contribution in [1.82, 2.24) is 15.0 Å². The van der Waals surface area contributed by atoms with Gasteiger partial charge in [0.2, 0.25) is 11.8 Å². The Labute approximate surface area is 136 Å². The summed E-state index contributed by atoms with van der Waals surface area (Å²) in [7, 11) is 1.53. The Bertz CT molecular complexity index is 702. The first-order valence-corrected chi connectivity index (χ1v) is 7.38. The molecule has 0 bridgehead atoms. The minimum absolute atomic E-state index is 0.330. The standard InChI is InChI=1S/C15H16F3N5O/c1-24-13-5-6-19-14(21-13)23-9-7-22(8-10-23)12-4-2-3-11(20-12)15(16,17)18/h2-6H,7-10H2,1H3. The number of methoxy groups -OCH3 is 1. The maximum absolute atomic E-state index is 12.8. The lowest BCUT2D eigenvalue weighted by Crippen LogP contribution is -2.47. The van der Waals surface area contributed by atoms with E-state index in [9.17, 15) is 13.2 Å². The Kier molecular flexibility index (Phi) is 4.41. The van der Waals surface area contributed by atoms with Crippen molar-refractivity contribution in [2.75, 3.05) is 43.1 Å². The number of aromatic nitrogens is 3. The van der Waals surface area contributed by atoms with Crippen molar-refractivity contribution in [3.8, 4) is 5.88 Å². The fourth-order valence-electron chi connectivity index (χ4n) is 2.49. The van der Waals surface area contributed by atoms with Gasteiger partial charge in [0, 0.05) is 38.4 Å². The summed E-state index contributed by atoms with van der Waals surface area (Å²) >= 11 is 0. The highest BCUT2D eigenvalue weighted by atomic mass is 19.4. The normalized spacial score (nSPS) is 15.5. The van der Waals surface area contributed by atoms with Gasteiger partial charge >= 0.3 is 6.18 Å². The molecule has 3 heterocycles. The minimum Gasteiger partial charge on any atom is -0.481 e. The molecule has 0 amide bonds. The van der Waals surface area contributed by atoms with E-state index >= 15 is 0 Å². The predicted octanol–water partition coefficient (Wildman–Crippen LogP) is 2.23. The zero-order valence-corrected chi connectivity index (χ0v) is 13.0. The molecule has 0 radical (unpaired) electrons. The van der Waals surface area contributed by atoms with Crippen molar-refractivity contribution in [3.63, 3.8) is 0 Å². The van der Waals surface area contributed by atoms with Crippen LogP contribution in [0.15, 0.2) is 30.5 Å². The van der Waals surface area contributed by atoms with Crippen molar-refractivity contribution in [3.05, 3.63) is 36.2 Å². The highest BCUT2D eigenvalue weighted by Crippen LogP contribution is 2.29. The van der Waals surface area contributed by atoms with Gasteiger partial charge in [0.05, 0.1) is 7.11 Å². The number of rotatable bonds is 3. The summed E-state index contributed by atoms with van der Waals surface area (Å²) in [6.45, 7) is 2.25. The molecule has 0 saturated carbocycles. The molecule has 0 N–H and O–H groups in total. The van der Waals surface area contributed by atoms with Crippen LogP contribution in [0.2, 0.25) is 0 Å². The Morgan fingerprint density at radius 3 is 2.38 bits per heavy atom. The molecule has 9 heteroatoms. The number of hydrogen-bond donors (Lipinski definition) is 0. The van der Waals surface area contributed by atoms with Crippen LogP contribution in [0.3, 0.4) is 0 Å². The third kappa shape index (κ3) is 3.50. The molecule has 0 aromatic carbocycles. The van der Waals surface area contributed by atoms with Crippen LogP contribution >= 0.6 is 0 Å². The van der Waals surface area contributed by atoms with Crippen molar-refractivity contribution in [1.29, 1.82) is 0 Å². The van der Waals surface area contributed by atoms with Gasteiger partial charge in [0.15, 0.2) is 0 Å². The smallest absolute Gasteiger partial charge is 0.433 e. The average molecular weight is 339 g/mol. The van der Waals surface area contributed by atoms with E-state index in [0.717, 1.165) is 6.07 Å². The summed E-state index contributed by atoms with van der Waals surface area (Å²) in [5.41, 5.74) is -0.876. The van der Waals surface area contributed by atoms with Crippen LogP contribution in [-0.4, -0.2) is 48.2 Å². The Morgan fingerprint density at radius 2 is 1.71 bits per heavy atom. The number of pyridine rings is 1. The van der Waals surface area contributed by atoms with Crippen LogP contribution in [0.25, 0.3) is 0 Å². The molecule has 1 saturated heterocycles. The van der Waals surface area contributed by atoms with E-state index in [-0.39, 0.29) is 0 Å². The van der Waals surface area contributed by atoms with Gasteiger partial charge in [-0.3, -0.25) is 0 Å². The Balaban J connectivity index is 1.69. The third-order valence-electron chi connectivity index (χ3n) is 3.74. The Morgan fingerprint density at radius 1 is 1.00 bits per heavy atom. The van der Waals surface area contributed by atoms with Gasteiger partial charge in [0.25, 0.3) is 0 Å². The second-order valence-corrected chi connectivity index (χ2v) is 5.25. The van der Waals surface area contributed by atoms with Crippen molar-refractivity contribution in [2.24, 2.45) is 0 Å². The summed E-state index contributed by atoms with van der Waals surface area (Å²) in [5.74, 6) is 1.35. The SMILES string of the molecule is COc1ccnc(N2CCN(c3cccc(C(F)(F)F)n3)CC2)n1. The number of ether oxygens (including phenoxy) is 1. The number of anilines is 2. The van der Waals surface area contributed by atoms with Gasteiger partial charge in [0.1, 0.15) is 11.5 Å². The van der Waals surface area contributed by atoms with Crippen LogP contribution in [0.1, 0.15) is 5.69 Å². The van der Waals surface area contributed by atoms with E-state index in [1.165, 1.54) is 13.2 Å². The van der Waals surface area contributed by atoms with Gasteiger partial charge < -0.3 is 14.5 Å². The zero-order chi connectivity index (χ0) is 17.2. The molecular weight excluding hydrogens is 323 g/mol. The van der Waals surface area contributed by atoms with E-state index in [0.29, 0.717) is 43.8 Å². The summed E-state index contributed by atoms with van der Waals surface area (Å²) in [6.07, 6.45) is -2.83. The molecule has 6 nitrogen and oxygen atoms in total. The number of hydrogen-bond acceptors (Lipinski definition) is 6. The van der Waals surface area contributed by atoms with Crippen molar-refractivity contribution in [2.45, 2.75) is 6.18 Å². The van der Waals surface area contributed by atoms with Gasteiger partial charge in [-0.15, -0.1) is 0 Å². The number of halogens is 3. The molecule has 1 fully saturated rings. The van der Waals surface area contributed by atoms with Crippen LogP contribution in [0, 0.1) is 0 Å².